The monoisotopic (exact) mass is 260 g/mol. The molecule has 1 atom stereocenters. The van der Waals surface area contributed by atoms with E-state index in [2.05, 4.69) is 20.9 Å². The van der Waals surface area contributed by atoms with Gasteiger partial charge in [-0.05, 0) is 45.1 Å². The Labute approximate surface area is 115 Å². The molecule has 104 valence electrons. The van der Waals surface area contributed by atoms with Crippen molar-refractivity contribution in [2.45, 2.75) is 50.6 Å². The first-order chi connectivity index (χ1) is 9.38. The highest BCUT2D eigenvalue weighted by molar-refractivity contribution is 5.11. The Balaban J connectivity index is 1.55. The van der Waals surface area contributed by atoms with Crippen LogP contribution < -0.4 is 11.1 Å². The summed E-state index contributed by atoms with van der Waals surface area (Å²) in [5, 5.41) is 3.60. The molecule has 3 rings (SSSR count). The highest BCUT2D eigenvalue weighted by Gasteiger charge is 2.27. The molecule has 1 saturated carbocycles. The first-order valence-electron chi connectivity index (χ1n) is 7.51. The van der Waals surface area contributed by atoms with Crippen molar-refractivity contribution in [1.29, 1.82) is 0 Å². The van der Waals surface area contributed by atoms with Crippen LogP contribution in [0.15, 0.2) is 24.2 Å². The van der Waals surface area contributed by atoms with Gasteiger partial charge < -0.3 is 15.6 Å². The summed E-state index contributed by atoms with van der Waals surface area (Å²) in [5.41, 5.74) is 8.79. The molecule has 1 aromatic heterocycles. The minimum atomic E-state index is 0.241. The van der Waals surface area contributed by atoms with Gasteiger partial charge in [-0.25, -0.2) is 4.98 Å². The van der Waals surface area contributed by atoms with Crippen molar-refractivity contribution in [2.75, 3.05) is 13.1 Å². The van der Waals surface area contributed by atoms with E-state index in [0.29, 0.717) is 12.6 Å². The average Bonchev–Trinajstić information content (AvgIpc) is 2.94. The Hall–Kier alpha value is -1.13. The minimum Gasteiger partial charge on any atom is -0.330 e. The summed E-state index contributed by atoms with van der Waals surface area (Å²) in [7, 11) is 0. The van der Waals surface area contributed by atoms with E-state index in [1.807, 2.05) is 12.5 Å². The molecule has 0 bridgehead atoms. The second-order valence-corrected chi connectivity index (χ2v) is 5.70. The molecule has 3 N–H and O–H groups in total. The molecule has 0 saturated heterocycles. The standard InChI is InChI=1S/C15H24N4/c16-9-14(18-8-7-12-3-1-2-4-12)15-10-17-11-19(15)13-5-6-13/h3,10-11,13-14,18H,1-2,4-9,16H2. The normalized spacial score (nSPS) is 20.6. The van der Waals surface area contributed by atoms with Gasteiger partial charge in [-0.1, -0.05) is 11.6 Å². The summed E-state index contributed by atoms with van der Waals surface area (Å²) in [6.07, 6.45) is 13.9. The number of hydrogen-bond donors (Lipinski definition) is 2. The molecule has 0 amide bonds. The van der Waals surface area contributed by atoms with Crippen LogP contribution >= 0.6 is 0 Å². The summed E-state index contributed by atoms with van der Waals surface area (Å²) in [4.78, 5) is 4.29. The Morgan fingerprint density at radius 3 is 3.05 bits per heavy atom. The fourth-order valence-electron chi connectivity index (χ4n) is 2.92. The Bertz CT molecular complexity index is 445. The highest BCUT2D eigenvalue weighted by atomic mass is 15.1. The molecule has 0 radical (unpaired) electrons. The summed E-state index contributed by atoms with van der Waals surface area (Å²) < 4.78 is 2.30. The zero-order chi connectivity index (χ0) is 13.1. The topological polar surface area (TPSA) is 55.9 Å². The van der Waals surface area contributed by atoms with Crippen LogP contribution in [-0.2, 0) is 0 Å². The smallest absolute Gasteiger partial charge is 0.0951 e. The lowest BCUT2D eigenvalue weighted by Gasteiger charge is -2.19. The van der Waals surface area contributed by atoms with Crippen LogP contribution in [0.5, 0.6) is 0 Å². The average molecular weight is 260 g/mol. The predicted octanol–water partition coefficient (Wildman–Crippen LogP) is 2.31. The predicted molar refractivity (Wildman–Crippen MR) is 76.8 cm³/mol. The van der Waals surface area contributed by atoms with Crippen LogP contribution in [0, 0.1) is 0 Å². The van der Waals surface area contributed by atoms with Gasteiger partial charge in [0, 0.05) is 18.8 Å². The van der Waals surface area contributed by atoms with E-state index in [1.165, 1.54) is 37.8 Å². The van der Waals surface area contributed by atoms with Gasteiger partial charge in [-0.3, -0.25) is 0 Å². The number of aromatic nitrogens is 2. The largest absolute Gasteiger partial charge is 0.330 e. The molecular formula is C15H24N4. The van der Waals surface area contributed by atoms with Crippen molar-refractivity contribution in [2.24, 2.45) is 5.73 Å². The van der Waals surface area contributed by atoms with Gasteiger partial charge in [0.15, 0.2) is 0 Å². The van der Waals surface area contributed by atoms with Gasteiger partial charge in [0.2, 0.25) is 0 Å². The third-order valence-corrected chi connectivity index (χ3v) is 4.20. The summed E-state index contributed by atoms with van der Waals surface area (Å²) >= 11 is 0. The van der Waals surface area contributed by atoms with E-state index in [1.54, 1.807) is 5.57 Å². The fraction of sp³-hybridized carbons (Fsp3) is 0.667. The second-order valence-electron chi connectivity index (χ2n) is 5.70. The molecular weight excluding hydrogens is 236 g/mol. The van der Waals surface area contributed by atoms with Crippen LogP contribution in [0.1, 0.15) is 56.3 Å². The van der Waals surface area contributed by atoms with Crippen molar-refractivity contribution in [3.63, 3.8) is 0 Å². The van der Waals surface area contributed by atoms with Crippen molar-refractivity contribution >= 4 is 0 Å². The Morgan fingerprint density at radius 2 is 2.37 bits per heavy atom. The van der Waals surface area contributed by atoms with Crippen molar-refractivity contribution in [3.05, 3.63) is 29.9 Å². The summed E-state index contributed by atoms with van der Waals surface area (Å²) in [6, 6.07) is 0.913. The van der Waals surface area contributed by atoms with Gasteiger partial charge in [-0.15, -0.1) is 0 Å². The second kappa shape index (κ2) is 5.88. The van der Waals surface area contributed by atoms with Crippen LogP contribution in [0.2, 0.25) is 0 Å². The fourth-order valence-corrected chi connectivity index (χ4v) is 2.92. The molecule has 1 heterocycles. The molecule has 1 aromatic rings. The van der Waals surface area contributed by atoms with Gasteiger partial charge >= 0.3 is 0 Å². The van der Waals surface area contributed by atoms with E-state index < -0.39 is 0 Å². The van der Waals surface area contributed by atoms with Crippen molar-refractivity contribution in [1.82, 2.24) is 14.9 Å². The van der Waals surface area contributed by atoms with Gasteiger partial charge in [0.05, 0.1) is 18.1 Å². The highest BCUT2D eigenvalue weighted by Crippen LogP contribution is 2.36. The first kappa shape index (κ1) is 12.9. The lowest BCUT2D eigenvalue weighted by molar-refractivity contribution is 0.504. The molecule has 19 heavy (non-hydrogen) atoms. The summed E-state index contributed by atoms with van der Waals surface area (Å²) in [6.45, 7) is 1.65. The van der Waals surface area contributed by atoms with E-state index >= 15 is 0 Å². The maximum absolute atomic E-state index is 5.93. The molecule has 1 fully saturated rings. The van der Waals surface area contributed by atoms with Gasteiger partial charge in [-0.2, -0.15) is 0 Å². The zero-order valence-corrected chi connectivity index (χ0v) is 11.5. The number of imidazole rings is 1. The van der Waals surface area contributed by atoms with Crippen molar-refractivity contribution in [3.8, 4) is 0 Å². The molecule has 2 aliphatic rings. The number of rotatable bonds is 7. The number of nitrogens with zero attached hydrogens (tertiary/aromatic N) is 2. The van der Waals surface area contributed by atoms with Crippen molar-refractivity contribution < 1.29 is 0 Å². The maximum Gasteiger partial charge on any atom is 0.0951 e. The van der Waals surface area contributed by atoms with Crippen LogP contribution in [-0.4, -0.2) is 22.6 Å². The van der Waals surface area contributed by atoms with Crippen LogP contribution in [0.25, 0.3) is 0 Å². The Morgan fingerprint density at radius 1 is 1.47 bits per heavy atom. The third kappa shape index (κ3) is 3.07. The number of nitrogens with two attached hydrogens (primary N) is 1. The molecule has 4 nitrogen and oxygen atoms in total. The minimum absolute atomic E-state index is 0.241. The van der Waals surface area contributed by atoms with Gasteiger partial charge in [0.1, 0.15) is 0 Å². The lowest BCUT2D eigenvalue weighted by atomic mass is 10.1. The van der Waals surface area contributed by atoms with E-state index in [4.69, 9.17) is 5.73 Å². The number of hydrogen-bond acceptors (Lipinski definition) is 3. The lowest BCUT2D eigenvalue weighted by Crippen LogP contribution is -2.30. The first-order valence-corrected chi connectivity index (χ1v) is 7.51. The van der Waals surface area contributed by atoms with E-state index in [0.717, 1.165) is 13.0 Å². The van der Waals surface area contributed by atoms with E-state index in [9.17, 15) is 0 Å². The molecule has 2 aliphatic carbocycles. The SMILES string of the molecule is NCC(NCCC1=CCCC1)c1cncn1C1CC1. The van der Waals surface area contributed by atoms with Crippen LogP contribution in [0.3, 0.4) is 0 Å². The van der Waals surface area contributed by atoms with E-state index in [-0.39, 0.29) is 6.04 Å². The Kier molecular flexibility index (Phi) is 3.99. The number of nitrogens with one attached hydrogen (secondary N) is 1. The summed E-state index contributed by atoms with van der Waals surface area (Å²) in [5.74, 6) is 0. The maximum atomic E-state index is 5.93. The quantitative estimate of drug-likeness (QED) is 0.740. The number of allylic oxidation sites excluding steroid dienone is 1. The third-order valence-electron chi connectivity index (χ3n) is 4.20. The molecule has 1 unspecified atom stereocenters. The zero-order valence-electron chi connectivity index (χ0n) is 11.5. The van der Waals surface area contributed by atoms with Crippen LogP contribution in [0.4, 0.5) is 0 Å². The van der Waals surface area contributed by atoms with Gasteiger partial charge in [0.25, 0.3) is 0 Å². The molecule has 0 aliphatic heterocycles. The molecule has 0 spiro atoms. The molecule has 4 heteroatoms. The molecule has 0 aromatic carbocycles.